The maximum absolute atomic E-state index is 12.2. The van der Waals surface area contributed by atoms with Gasteiger partial charge in [0.05, 0.1) is 18.7 Å². The summed E-state index contributed by atoms with van der Waals surface area (Å²) in [5, 5.41) is 18.2. The Morgan fingerprint density at radius 2 is 2.04 bits per heavy atom. The van der Waals surface area contributed by atoms with Crippen molar-refractivity contribution >= 4 is 11.9 Å². The zero-order chi connectivity index (χ0) is 16.9. The molecule has 3 aromatic rings. The van der Waals surface area contributed by atoms with Crippen LogP contribution in [-0.2, 0) is 0 Å². The van der Waals surface area contributed by atoms with Crippen molar-refractivity contribution in [1.82, 2.24) is 15.2 Å². The first kappa shape index (κ1) is 15.2. The highest BCUT2D eigenvalue weighted by Gasteiger charge is 2.11. The predicted octanol–water partition coefficient (Wildman–Crippen LogP) is 2.60. The summed E-state index contributed by atoms with van der Waals surface area (Å²) in [7, 11) is 1.60. The van der Waals surface area contributed by atoms with E-state index in [-0.39, 0.29) is 11.9 Å². The Kier molecular flexibility index (Phi) is 4.21. The van der Waals surface area contributed by atoms with Crippen LogP contribution in [0.1, 0.15) is 15.9 Å². The summed E-state index contributed by atoms with van der Waals surface area (Å²) in [6.07, 6.45) is 0. The van der Waals surface area contributed by atoms with Crippen LogP contribution in [0, 0.1) is 11.3 Å². The third kappa shape index (κ3) is 3.23. The topological polar surface area (TPSA) is 104 Å². The number of ether oxygens (including phenoxy) is 1. The lowest BCUT2D eigenvalue weighted by Gasteiger charge is -2.01. The van der Waals surface area contributed by atoms with Gasteiger partial charge in [-0.15, -0.1) is 5.10 Å². The first-order valence-electron chi connectivity index (χ1n) is 7.08. The third-order valence-corrected chi connectivity index (χ3v) is 3.33. The molecule has 0 fully saturated rings. The number of nitriles is 1. The fourth-order valence-electron chi connectivity index (χ4n) is 2.10. The number of methoxy groups -OCH3 is 1. The molecule has 7 heteroatoms. The van der Waals surface area contributed by atoms with Crippen molar-refractivity contribution in [3.05, 3.63) is 59.7 Å². The molecule has 2 aromatic carbocycles. The van der Waals surface area contributed by atoms with Crippen LogP contribution in [0.15, 0.2) is 48.5 Å². The van der Waals surface area contributed by atoms with Crippen molar-refractivity contribution in [2.24, 2.45) is 0 Å². The Bertz CT molecular complexity index is 909. The fourth-order valence-corrected chi connectivity index (χ4v) is 2.10. The second kappa shape index (κ2) is 6.62. The first-order chi connectivity index (χ1) is 11.7. The zero-order valence-electron chi connectivity index (χ0n) is 12.8. The van der Waals surface area contributed by atoms with Crippen LogP contribution < -0.4 is 10.1 Å². The van der Waals surface area contributed by atoms with Gasteiger partial charge >= 0.3 is 0 Å². The number of rotatable bonds is 4. The quantitative estimate of drug-likeness (QED) is 0.769. The van der Waals surface area contributed by atoms with E-state index in [1.54, 1.807) is 25.3 Å². The number of aromatic amines is 1. The van der Waals surface area contributed by atoms with Gasteiger partial charge in [-0.1, -0.05) is 6.07 Å². The summed E-state index contributed by atoms with van der Waals surface area (Å²) in [6.45, 7) is 0. The minimum atomic E-state index is -0.382. The summed E-state index contributed by atoms with van der Waals surface area (Å²) in [5.41, 5.74) is 1.59. The number of anilines is 1. The molecule has 0 bridgehead atoms. The molecular weight excluding hydrogens is 306 g/mol. The van der Waals surface area contributed by atoms with Crippen LogP contribution in [0.5, 0.6) is 5.75 Å². The summed E-state index contributed by atoms with van der Waals surface area (Å²) < 4.78 is 5.10. The van der Waals surface area contributed by atoms with Gasteiger partial charge in [0.1, 0.15) is 5.75 Å². The van der Waals surface area contributed by atoms with Gasteiger partial charge in [0.2, 0.25) is 5.95 Å². The second-order valence-electron chi connectivity index (χ2n) is 4.88. The number of carbonyl (C=O) groups is 1. The van der Waals surface area contributed by atoms with Gasteiger partial charge in [0, 0.05) is 11.1 Å². The van der Waals surface area contributed by atoms with Gasteiger partial charge in [-0.2, -0.15) is 10.2 Å². The van der Waals surface area contributed by atoms with Gasteiger partial charge in [-0.25, -0.2) is 0 Å². The molecule has 24 heavy (non-hydrogen) atoms. The number of nitrogens with one attached hydrogen (secondary N) is 2. The normalized spacial score (nSPS) is 10.0. The highest BCUT2D eigenvalue weighted by molar-refractivity contribution is 6.03. The molecule has 3 rings (SSSR count). The van der Waals surface area contributed by atoms with Gasteiger partial charge in [0.15, 0.2) is 5.82 Å². The molecule has 0 saturated carbocycles. The molecule has 1 heterocycles. The predicted molar refractivity (Wildman–Crippen MR) is 87.5 cm³/mol. The SMILES string of the molecule is COc1ccc(-c2nc(NC(=O)c3cccc(C#N)c3)n[nH]2)cc1. The monoisotopic (exact) mass is 319 g/mol. The minimum absolute atomic E-state index is 0.160. The van der Waals surface area contributed by atoms with E-state index in [4.69, 9.17) is 10.00 Å². The highest BCUT2D eigenvalue weighted by Crippen LogP contribution is 2.20. The van der Waals surface area contributed by atoms with E-state index in [0.717, 1.165) is 11.3 Å². The van der Waals surface area contributed by atoms with Crippen molar-refractivity contribution in [3.63, 3.8) is 0 Å². The lowest BCUT2D eigenvalue weighted by molar-refractivity contribution is 0.102. The zero-order valence-corrected chi connectivity index (χ0v) is 12.8. The Labute approximate surface area is 137 Å². The smallest absolute Gasteiger partial charge is 0.258 e. The number of hydrogen-bond donors (Lipinski definition) is 2. The summed E-state index contributed by atoms with van der Waals surface area (Å²) in [5.74, 6) is 1.04. The van der Waals surface area contributed by atoms with Gasteiger partial charge in [0.25, 0.3) is 5.91 Å². The van der Waals surface area contributed by atoms with Gasteiger partial charge < -0.3 is 4.74 Å². The summed E-state index contributed by atoms with van der Waals surface area (Å²) in [6, 6.07) is 15.7. The van der Waals surface area contributed by atoms with Crippen molar-refractivity contribution < 1.29 is 9.53 Å². The Balaban J connectivity index is 1.75. The molecule has 0 spiro atoms. The van der Waals surface area contributed by atoms with Crippen molar-refractivity contribution in [2.75, 3.05) is 12.4 Å². The molecule has 0 unspecified atom stereocenters. The Morgan fingerprint density at radius 3 is 2.75 bits per heavy atom. The highest BCUT2D eigenvalue weighted by atomic mass is 16.5. The number of carbonyl (C=O) groups excluding carboxylic acids is 1. The van der Waals surface area contributed by atoms with Gasteiger partial charge in [-0.3, -0.25) is 15.2 Å². The number of hydrogen-bond acceptors (Lipinski definition) is 5. The molecule has 0 aliphatic carbocycles. The number of aromatic nitrogens is 3. The van der Waals surface area contributed by atoms with E-state index >= 15 is 0 Å². The number of nitrogens with zero attached hydrogens (tertiary/aromatic N) is 3. The van der Waals surface area contributed by atoms with Crippen LogP contribution in [0.2, 0.25) is 0 Å². The maximum Gasteiger partial charge on any atom is 0.258 e. The lowest BCUT2D eigenvalue weighted by atomic mass is 10.1. The van der Waals surface area contributed by atoms with Crippen molar-refractivity contribution in [2.45, 2.75) is 0 Å². The van der Waals surface area contributed by atoms with E-state index in [1.807, 2.05) is 30.3 Å². The summed E-state index contributed by atoms with van der Waals surface area (Å²) in [4.78, 5) is 16.4. The second-order valence-corrected chi connectivity index (χ2v) is 4.88. The molecule has 2 N–H and O–H groups in total. The summed E-state index contributed by atoms with van der Waals surface area (Å²) >= 11 is 0. The van der Waals surface area contributed by atoms with E-state index < -0.39 is 0 Å². The standard InChI is InChI=1S/C17H13N5O2/c1-24-14-7-5-12(6-8-14)15-19-17(22-21-15)20-16(23)13-4-2-3-11(9-13)10-18/h2-9H,1H3,(H2,19,20,21,22,23). The van der Waals surface area contributed by atoms with Crippen LogP contribution in [-0.4, -0.2) is 28.2 Å². The molecule has 7 nitrogen and oxygen atoms in total. The minimum Gasteiger partial charge on any atom is -0.497 e. The average Bonchev–Trinajstić information content (AvgIpc) is 3.10. The molecule has 118 valence electrons. The van der Waals surface area contributed by atoms with E-state index in [2.05, 4.69) is 20.5 Å². The fraction of sp³-hybridized carbons (Fsp3) is 0.0588. The third-order valence-electron chi connectivity index (χ3n) is 3.33. The van der Waals surface area contributed by atoms with Crippen molar-refractivity contribution in [3.8, 4) is 23.2 Å². The molecular formula is C17H13N5O2. The van der Waals surface area contributed by atoms with E-state index in [9.17, 15) is 4.79 Å². The van der Waals surface area contributed by atoms with Gasteiger partial charge in [-0.05, 0) is 42.5 Å². The van der Waals surface area contributed by atoms with E-state index in [1.165, 1.54) is 6.07 Å². The van der Waals surface area contributed by atoms with Crippen LogP contribution >= 0.6 is 0 Å². The number of benzene rings is 2. The molecule has 1 amide bonds. The van der Waals surface area contributed by atoms with Crippen LogP contribution in [0.25, 0.3) is 11.4 Å². The number of amides is 1. The van der Waals surface area contributed by atoms with Crippen LogP contribution in [0.3, 0.4) is 0 Å². The molecule has 0 radical (unpaired) electrons. The molecule has 0 atom stereocenters. The van der Waals surface area contributed by atoms with E-state index in [0.29, 0.717) is 17.0 Å². The Hall–Kier alpha value is -3.66. The molecule has 0 aliphatic heterocycles. The van der Waals surface area contributed by atoms with Crippen molar-refractivity contribution in [1.29, 1.82) is 5.26 Å². The first-order valence-corrected chi connectivity index (χ1v) is 7.08. The average molecular weight is 319 g/mol. The lowest BCUT2D eigenvalue weighted by Crippen LogP contribution is -2.13. The largest absolute Gasteiger partial charge is 0.497 e. The Morgan fingerprint density at radius 1 is 1.25 bits per heavy atom. The maximum atomic E-state index is 12.2. The number of H-pyrrole nitrogens is 1. The molecule has 0 saturated heterocycles. The van der Waals surface area contributed by atoms with Crippen LogP contribution in [0.4, 0.5) is 5.95 Å². The molecule has 1 aromatic heterocycles. The molecule has 0 aliphatic rings.